The first kappa shape index (κ1) is 14.3. The van der Waals surface area contributed by atoms with Gasteiger partial charge in [0, 0.05) is 32.2 Å². The van der Waals surface area contributed by atoms with Crippen molar-refractivity contribution in [1.82, 2.24) is 10.2 Å². The molecule has 2 fully saturated rings. The van der Waals surface area contributed by atoms with Crippen LogP contribution in [-0.2, 0) is 14.3 Å². The van der Waals surface area contributed by atoms with Crippen molar-refractivity contribution in [1.29, 1.82) is 0 Å². The highest BCUT2D eigenvalue weighted by atomic mass is 16.5. The topological polar surface area (TPSA) is 58.6 Å². The summed E-state index contributed by atoms with van der Waals surface area (Å²) in [7, 11) is 0. The minimum atomic E-state index is -0.349. The van der Waals surface area contributed by atoms with Crippen LogP contribution in [0.3, 0.4) is 0 Å². The largest absolute Gasteiger partial charge is 0.381 e. The van der Waals surface area contributed by atoms with Gasteiger partial charge < -0.3 is 15.0 Å². The molecule has 108 valence electrons. The fourth-order valence-corrected chi connectivity index (χ4v) is 2.85. The lowest BCUT2D eigenvalue weighted by Gasteiger charge is -2.35. The van der Waals surface area contributed by atoms with Gasteiger partial charge >= 0.3 is 0 Å². The van der Waals surface area contributed by atoms with Crippen molar-refractivity contribution in [3.63, 3.8) is 0 Å². The number of carbonyl (C=O) groups excluding carboxylic acids is 2. The third-order valence-electron chi connectivity index (χ3n) is 3.83. The summed E-state index contributed by atoms with van der Waals surface area (Å²) < 4.78 is 5.35. The number of carbonyl (C=O) groups is 2. The molecule has 2 rings (SSSR count). The van der Waals surface area contributed by atoms with E-state index in [2.05, 4.69) is 19.2 Å². The lowest BCUT2D eigenvalue weighted by atomic mass is 10.0. The molecular formula is C14H24N2O3. The summed E-state index contributed by atoms with van der Waals surface area (Å²) in [5.41, 5.74) is 0. The molecule has 5 heteroatoms. The van der Waals surface area contributed by atoms with Crippen LogP contribution in [0.15, 0.2) is 0 Å². The first-order valence-corrected chi connectivity index (χ1v) is 7.25. The molecule has 2 saturated heterocycles. The smallest absolute Gasteiger partial charge is 0.245 e. The van der Waals surface area contributed by atoms with Crippen LogP contribution >= 0.6 is 0 Å². The summed E-state index contributed by atoms with van der Waals surface area (Å²) >= 11 is 0. The van der Waals surface area contributed by atoms with Crippen LogP contribution in [0.2, 0.25) is 0 Å². The Bertz CT molecular complexity index is 338. The van der Waals surface area contributed by atoms with Crippen LogP contribution in [0.5, 0.6) is 0 Å². The first-order valence-electron chi connectivity index (χ1n) is 7.25. The number of amides is 2. The molecule has 2 heterocycles. The fraction of sp³-hybridized carbons (Fsp3) is 0.857. The van der Waals surface area contributed by atoms with Gasteiger partial charge in [0.05, 0.1) is 0 Å². The van der Waals surface area contributed by atoms with Crippen molar-refractivity contribution in [3.05, 3.63) is 0 Å². The van der Waals surface area contributed by atoms with Gasteiger partial charge in [-0.3, -0.25) is 9.59 Å². The third-order valence-corrected chi connectivity index (χ3v) is 3.83. The van der Waals surface area contributed by atoms with E-state index in [-0.39, 0.29) is 23.9 Å². The highest BCUT2D eigenvalue weighted by Gasteiger charge is 2.34. The maximum absolute atomic E-state index is 12.6. The van der Waals surface area contributed by atoms with Crippen molar-refractivity contribution in [3.8, 4) is 0 Å². The van der Waals surface area contributed by atoms with Gasteiger partial charge in [-0.05, 0) is 25.2 Å². The Hall–Kier alpha value is -1.10. The second-order valence-electron chi connectivity index (χ2n) is 5.87. The van der Waals surface area contributed by atoms with Crippen LogP contribution in [0.25, 0.3) is 0 Å². The number of nitrogens with zero attached hydrogens (tertiary/aromatic N) is 1. The highest BCUT2D eigenvalue weighted by Crippen LogP contribution is 2.19. The van der Waals surface area contributed by atoms with Crippen LogP contribution in [0, 0.1) is 5.92 Å². The van der Waals surface area contributed by atoms with Gasteiger partial charge in [-0.25, -0.2) is 0 Å². The average Bonchev–Trinajstić information content (AvgIpc) is 2.51. The molecular weight excluding hydrogens is 244 g/mol. The lowest BCUT2D eigenvalue weighted by molar-refractivity contribution is -0.137. The van der Waals surface area contributed by atoms with Gasteiger partial charge in [0.15, 0.2) is 0 Å². The van der Waals surface area contributed by atoms with Crippen LogP contribution in [0.4, 0.5) is 0 Å². The van der Waals surface area contributed by atoms with Crippen molar-refractivity contribution >= 4 is 11.8 Å². The van der Waals surface area contributed by atoms with Gasteiger partial charge in [0.1, 0.15) is 6.04 Å². The summed E-state index contributed by atoms with van der Waals surface area (Å²) in [6, 6.07) is -0.110. The van der Waals surface area contributed by atoms with Gasteiger partial charge in [-0.15, -0.1) is 0 Å². The lowest BCUT2D eigenvalue weighted by Crippen LogP contribution is -2.50. The van der Waals surface area contributed by atoms with E-state index in [1.54, 1.807) is 0 Å². The zero-order valence-corrected chi connectivity index (χ0v) is 11.9. The molecule has 0 saturated carbocycles. The van der Waals surface area contributed by atoms with Gasteiger partial charge in [0.25, 0.3) is 0 Å². The summed E-state index contributed by atoms with van der Waals surface area (Å²) in [6.07, 6.45) is 2.89. The molecule has 0 radical (unpaired) electrons. The third kappa shape index (κ3) is 3.69. The van der Waals surface area contributed by atoms with Crippen molar-refractivity contribution in [2.45, 2.75) is 51.6 Å². The molecule has 0 aromatic heterocycles. The average molecular weight is 268 g/mol. The molecule has 0 aromatic rings. The summed E-state index contributed by atoms with van der Waals surface area (Å²) in [5, 5.41) is 2.87. The fourth-order valence-electron chi connectivity index (χ4n) is 2.85. The molecule has 0 spiro atoms. The number of ether oxygens (including phenoxy) is 1. The van der Waals surface area contributed by atoms with E-state index in [0.29, 0.717) is 38.5 Å². The quantitative estimate of drug-likeness (QED) is 0.828. The van der Waals surface area contributed by atoms with Gasteiger partial charge in [0.2, 0.25) is 11.8 Å². The second-order valence-corrected chi connectivity index (χ2v) is 5.87. The van der Waals surface area contributed by atoms with E-state index in [9.17, 15) is 9.59 Å². The minimum Gasteiger partial charge on any atom is -0.381 e. The van der Waals surface area contributed by atoms with Crippen LogP contribution in [0.1, 0.15) is 39.5 Å². The molecule has 2 aliphatic rings. The number of hydrogen-bond acceptors (Lipinski definition) is 3. The molecule has 0 bridgehead atoms. The van der Waals surface area contributed by atoms with Crippen molar-refractivity contribution in [2.75, 3.05) is 19.8 Å². The molecule has 0 aromatic carbocycles. The zero-order chi connectivity index (χ0) is 13.8. The van der Waals surface area contributed by atoms with Gasteiger partial charge in [-0.1, -0.05) is 13.8 Å². The normalized spacial score (nSPS) is 26.5. The van der Waals surface area contributed by atoms with E-state index in [1.807, 2.05) is 4.90 Å². The number of nitrogens with one attached hydrogen (secondary N) is 1. The van der Waals surface area contributed by atoms with Crippen LogP contribution in [-0.4, -0.2) is 48.6 Å². The first-order chi connectivity index (χ1) is 9.08. The molecule has 2 aliphatic heterocycles. The molecule has 5 nitrogen and oxygen atoms in total. The van der Waals surface area contributed by atoms with E-state index >= 15 is 0 Å². The Morgan fingerprint density at radius 3 is 2.63 bits per heavy atom. The Morgan fingerprint density at radius 2 is 2.00 bits per heavy atom. The van der Waals surface area contributed by atoms with E-state index in [4.69, 9.17) is 4.74 Å². The Labute approximate surface area is 114 Å². The van der Waals surface area contributed by atoms with Crippen molar-refractivity contribution in [2.24, 2.45) is 5.92 Å². The maximum Gasteiger partial charge on any atom is 0.245 e. The van der Waals surface area contributed by atoms with Gasteiger partial charge in [-0.2, -0.15) is 0 Å². The number of hydrogen-bond donors (Lipinski definition) is 1. The Kier molecular flexibility index (Phi) is 4.80. The SMILES string of the molecule is CC(C)CC1NC(=O)CCN(C2CCOCC2)C1=O. The Balaban J connectivity index is 2.08. The van der Waals surface area contributed by atoms with Crippen LogP contribution < -0.4 is 5.32 Å². The summed E-state index contributed by atoms with van der Waals surface area (Å²) in [5.74, 6) is 0.476. The van der Waals surface area contributed by atoms with E-state index in [0.717, 1.165) is 12.8 Å². The predicted molar refractivity (Wildman–Crippen MR) is 71.6 cm³/mol. The molecule has 1 N–H and O–H groups in total. The second kappa shape index (κ2) is 6.37. The van der Waals surface area contributed by atoms with E-state index in [1.165, 1.54) is 0 Å². The monoisotopic (exact) mass is 268 g/mol. The molecule has 0 aliphatic carbocycles. The van der Waals surface area contributed by atoms with Crippen molar-refractivity contribution < 1.29 is 14.3 Å². The standard InChI is InChI=1S/C14H24N2O3/c1-10(2)9-12-14(18)16(6-3-13(17)15-12)11-4-7-19-8-5-11/h10-12H,3-9H2,1-2H3,(H,15,17). The molecule has 1 unspecified atom stereocenters. The molecule has 2 amide bonds. The summed E-state index contributed by atoms with van der Waals surface area (Å²) in [6.45, 7) is 6.12. The zero-order valence-electron chi connectivity index (χ0n) is 11.9. The Morgan fingerprint density at radius 1 is 1.32 bits per heavy atom. The predicted octanol–water partition coefficient (Wildman–Crippen LogP) is 0.929. The summed E-state index contributed by atoms with van der Waals surface area (Å²) in [4.78, 5) is 26.2. The molecule has 19 heavy (non-hydrogen) atoms. The number of rotatable bonds is 3. The minimum absolute atomic E-state index is 0.00596. The molecule has 1 atom stereocenters. The van der Waals surface area contributed by atoms with E-state index < -0.39 is 0 Å². The highest BCUT2D eigenvalue weighted by molar-refractivity contribution is 5.90. The maximum atomic E-state index is 12.6.